The van der Waals surface area contributed by atoms with E-state index in [0.717, 1.165) is 11.3 Å². The Morgan fingerprint density at radius 2 is 1.96 bits per heavy atom. The second-order valence-corrected chi connectivity index (χ2v) is 6.57. The van der Waals surface area contributed by atoms with Crippen molar-refractivity contribution in [2.75, 3.05) is 25.1 Å². The molecule has 0 saturated carbocycles. The van der Waals surface area contributed by atoms with Gasteiger partial charge in [-0.05, 0) is 42.7 Å². The smallest absolute Gasteiger partial charge is 0.223 e. The number of nitrogens with zero attached hydrogens (tertiary/aromatic N) is 2. The van der Waals surface area contributed by atoms with E-state index in [-0.39, 0.29) is 17.4 Å². The number of carbonyl (C=O) groups is 1. The molecule has 2 aromatic carbocycles. The van der Waals surface area contributed by atoms with Crippen LogP contribution in [0.1, 0.15) is 24.0 Å². The molecular formula is C21H22FN3O2. The topological polar surface area (TPSA) is 65.4 Å². The average molecular weight is 367 g/mol. The van der Waals surface area contributed by atoms with Crippen molar-refractivity contribution in [3.05, 3.63) is 59.4 Å². The zero-order valence-electron chi connectivity index (χ0n) is 15.2. The zero-order valence-corrected chi connectivity index (χ0v) is 15.2. The van der Waals surface area contributed by atoms with E-state index in [2.05, 4.69) is 5.32 Å². The molecule has 1 fully saturated rings. The van der Waals surface area contributed by atoms with Crippen LogP contribution < -0.4 is 15.0 Å². The first kappa shape index (κ1) is 18.7. The lowest BCUT2D eigenvalue weighted by molar-refractivity contribution is -0.125. The summed E-state index contributed by atoms with van der Waals surface area (Å²) in [5.41, 5.74) is 1.69. The summed E-state index contributed by atoms with van der Waals surface area (Å²) in [7, 11) is 1.62. The van der Waals surface area contributed by atoms with E-state index in [0.29, 0.717) is 38.2 Å². The number of hydrogen-bond acceptors (Lipinski definition) is 4. The number of nitriles is 1. The molecule has 1 aliphatic heterocycles. The van der Waals surface area contributed by atoms with Gasteiger partial charge in [0.2, 0.25) is 5.91 Å². The zero-order chi connectivity index (χ0) is 19.2. The average Bonchev–Trinajstić information content (AvgIpc) is 2.72. The van der Waals surface area contributed by atoms with E-state index in [9.17, 15) is 14.4 Å². The highest BCUT2D eigenvalue weighted by Crippen LogP contribution is 2.27. The fourth-order valence-electron chi connectivity index (χ4n) is 3.35. The van der Waals surface area contributed by atoms with Gasteiger partial charge in [0.05, 0.1) is 12.8 Å². The first-order valence-electron chi connectivity index (χ1n) is 8.96. The lowest BCUT2D eigenvalue weighted by Gasteiger charge is -2.33. The molecular weight excluding hydrogens is 345 g/mol. The lowest BCUT2D eigenvalue weighted by Crippen LogP contribution is -2.40. The first-order valence-corrected chi connectivity index (χ1v) is 8.96. The van der Waals surface area contributed by atoms with E-state index in [1.165, 1.54) is 6.07 Å². The fraction of sp³-hybridized carbons (Fsp3) is 0.333. The highest BCUT2D eigenvalue weighted by atomic mass is 19.1. The fourth-order valence-corrected chi connectivity index (χ4v) is 3.35. The monoisotopic (exact) mass is 367 g/mol. The van der Waals surface area contributed by atoms with Gasteiger partial charge in [0, 0.05) is 25.6 Å². The van der Waals surface area contributed by atoms with Crippen LogP contribution >= 0.6 is 0 Å². The van der Waals surface area contributed by atoms with Crippen LogP contribution in [0.25, 0.3) is 0 Å². The van der Waals surface area contributed by atoms with Crippen LogP contribution in [0.3, 0.4) is 0 Å². The van der Waals surface area contributed by atoms with Crippen LogP contribution in [0.5, 0.6) is 5.75 Å². The predicted octanol–water partition coefficient (Wildman–Crippen LogP) is 3.24. The number of rotatable bonds is 5. The molecule has 0 spiro atoms. The summed E-state index contributed by atoms with van der Waals surface area (Å²) in [6, 6.07) is 14.2. The number of piperidine rings is 1. The van der Waals surface area contributed by atoms with Crippen molar-refractivity contribution >= 4 is 11.6 Å². The van der Waals surface area contributed by atoms with E-state index in [4.69, 9.17) is 4.74 Å². The third-order valence-corrected chi connectivity index (χ3v) is 4.94. The van der Waals surface area contributed by atoms with E-state index in [1.54, 1.807) is 19.2 Å². The molecule has 0 aliphatic carbocycles. The van der Waals surface area contributed by atoms with Crippen molar-refractivity contribution < 1.29 is 13.9 Å². The number of methoxy groups -OCH3 is 1. The Hall–Kier alpha value is -3.07. The Morgan fingerprint density at radius 3 is 2.59 bits per heavy atom. The SMILES string of the molecule is COc1ccc(CNC(=O)C2CCN(c3cccc(F)c3C#N)CC2)cc1. The predicted molar refractivity (Wildman–Crippen MR) is 101 cm³/mol. The van der Waals surface area contributed by atoms with Gasteiger partial charge in [0.15, 0.2) is 0 Å². The molecule has 1 aliphatic rings. The second kappa shape index (κ2) is 8.54. The molecule has 1 heterocycles. The van der Waals surface area contributed by atoms with Gasteiger partial charge >= 0.3 is 0 Å². The van der Waals surface area contributed by atoms with Gasteiger partial charge in [-0.1, -0.05) is 18.2 Å². The minimum absolute atomic E-state index is 0.0326. The van der Waals surface area contributed by atoms with Crippen LogP contribution in [-0.4, -0.2) is 26.1 Å². The standard InChI is InChI=1S/C21H22FN3O2/c1-27-17-7-5-15(6-8-17)14-24-21(26)16-9-11-25(12-10-16)20-4-2-3-19(22)18(20)13-23/h2-8,16H,9-12,14H2,1H3,(H,24,26). The molecule has 0 atom stereocenters. The molecule has 0 bridgehead atoms. The Morgan fingerprint density at radius 1 is 1.26 bits per heavy atom. The van der Waals surface area contributed by atoms with Crippen molar-refractivity contribution in [2.45, 2.75) is 19.4 Å². The summed E-state index contributed by atoms with van der Waals surface area (Å²) in [5.74, 6) is 0.240. The van der Waals surface area contributed by atoms with Crippen molar-refractivity contribution in [1.82, 2.24) is 5.32 Å². The number of amides is 1. The summed E-state index contributed by atoms with van der Waals surface area (Å²) in [6.45, 7) is 1.73. The van der Waals surface area contributed by atoms with E-state index < -0.39 is 5.82 Å². The molecule has 1 amide bonds. The van der Waals surface area contributed by atoms with Crippen molar-refractivity contribution in [2.24, 2.45) is 5.92 Å². The molecule has 27 heavy (non-hydrogen) atoms. The number of hydrogen-bond donors (Lipinski definition) is 1. The highest BCUT2D eigenvalue weighted by molar-refractivity contribution is 5.79. The Labute approximate surface area is 158 Å². The molecule has 3 rings (SSSR count). The van der Waals surface area contributed by atoms with Gasteiger partial charge in [0.1, 0.15) is 23.2 Å². The van der Waals surface area contributed by atoms with Crippen molar-refractivity contribution in [3.63, 3.8) is 0 Å². The van der Waals surface area contributed by atoms with Crippen molar-refractivity contribution in [1.29, 1.82) is 5.26 Å². The Kier molecular flexibility index (Phi) is 5.92. The Bertz CT molecular complexity index is 837. The van der Waals surface area contributed by atoms with Crippen LogP contribution in [0.15, 0.2) is 42.5 Å². The maximum Gasteiger partial charge on any atom is 0.223 e. The van der Waals surface area contributed by atoms with Crippen molar-refractivity contribution in [3.8, 4) is 11.8 Å². The normalized spacial score (nSPS) is 14.5. The Balaban J connectivity index is 1.53. The number of halogens is 1. The lowest BCUT2D eigenvalue weighted by atomic mass is 9.95. The number of carbonyl (C=O) groups excluding carboxylic acids is 1. The summed E-state index contributed by atoms with van der Waals surface area (Å²) < 4.78 is 18.9. The third-order valence-electron chi connectivity index (χ3n) is 4.94. The number of benzene rings is 2. The molecule has 1 saturated heterocycles. The molecule has 0 radical (unpaired) electrons. The van der Waals surface area contributed by atoms with E-state index >= 15 is 0 Å². The summed E-state index contributed by atoms with van der Waals surface area (Å²) in [6.07, 6.45) is 1.35. The highest BCUT2D eigenvalue weighted by Gasteiger charge is 2.26. The molecule has 140 valence electrons. The van der Waals surface area contributed by atoms with Gasteiger partial charge in [-0.25, -0.2) is 4.39 Å². The minimum atomic E-state index is -0.505. The first-order chi connectivity index (χ1) is 13.1. The summed E-state index contributed by atoms with van der Waals surface area (Å²) in [5, 5.41) is 12.2. The number of nitrogens with one attached hydrogen (secondary N) is 1. The van der Waals surface area contributed by atoms with Crippen LogP contribution in [0.2, 0.25) is 0 Å². The molecule has 0 unspecified atom stereocenters. The van der Waals surface area contributed by atoms with Gasteiger partial charge in [-0.15, -0.1) is 0 Å². The van der Waals surface area contributed by atoms with Crippen LogP contribution in [0, 0.1) is 23.1 Å². The van der Waals surface area contributed by atoms with Gasteiger partial charge in [0.25, 0.3) is 0 Å². The van der Waals surface area contributed by atoms with Crippen LogP contribution in [-0.2, 0) is 11.3 Å². The van der Waals surface area contributed by atoms with Gasteiger partial charge in [-0.3, -0.25) is 4.79 Å². The maximum absolute atomic E-state index is 13.8. The third kappa shape index (κ3) is 4.37. The summed E-state index contributed by atoms with van der Waals surface area (Å²) >= 11 is 0. The summed E-state index contributed by atoms with van der Waals surface area (Å²) in [4.78, 5) is 14.4. The van der Waals surface area contributed by atoms with E-state index in [1.807, 2.05) is 35.2 Å². The minimum Gasteiger partial charge on any atom is -0.497 e. The quantitative estimate of drug-likeness (QED) is 0.881. The number of anilines is 1. The molecule has 2 aromatic rings. The maximum atomic E-state index is 13.8. The second-order valence-electron chi connectivity index (χ2n) is 6.57. The number of ether oxygens (including phenoxy) is 1. The molecule has 1 N–H and O–H groups in total. The molecule has 6 heteroatoms. The van der Waals surface area contributed by atoms with Gasteiger partial charge in [-0.2, -0.15) is 5.26 Å². The largest absolute Gasteiger partial charge is 0.497 e. The van der Waals surface area contributed by atoms with Crippen LogP contribution in [0.4, 0.5) is 10.1 Å². The molecule has 5 nitrogen and oxygen atoms in total. The van der Waals surface area contributed by atoms with Gasteiger partial charge < -0.3 is 15.0 Å². The molecule has 0 aromatic heterocycles.